The number of nitrogens with zero attached hydrogens (tertiary/aromatic N) is 3. The molecule has 0 N–H and O–H groups in total. The molecule has 7 heteroatoms. The zero-order valence-corrected chi connectivity index (χ0v) is 19.6. The summed E-state index contributed by atoms with van der Waals surface area (Å²) in [6.07, 6.45) is 0. The lowest BCUT2D eigenvalue weighted by molar-refractivity contribution is -0.132. The van der Waals surface area contributed by atoms with E-state index in [0.29, 0.717) is 24.2 Å². The maximum absolute atomic E-state index is 12.4. The van der Waals surface area contributed by atoms with Crippen molar-refractivity contribution in [2.24, 2.45) is 5.16 Å². The van der Waals surface area contributed by atoms with Crippen molar-refractivity contribution in [1.82, 2.24) is 4.98 Å². The van der Waals surface area contributed by atoms with Gasteiger partial charge < -0.3 is 14.5 Å². The van der Waals surface area contributed by atoms with Gasteiger partial charge in [0.05, 0.1) is 17.3 Å². The molecule has 0 saturated carbocycles. The van der Waals surface area contributed by atoms with Gasteiger partial charge in [0.15, 0.2) is 10.8 Å². The summed E-state index contributed by atoms with van der Waals surface area (Å²) in [5.74, 6) is -0.566. The number of esters is 1. The van der Waals surface area contributed by atoms with Crippen LogP contribution in [-0.2, 0) is 27.5 Å². The van der Waals surface area contributed by atoms with Gasteiger partial charge in [0.25, 0.3) is 0 Å². The quantitative estimate of drug-likeness (QED) is 0.202. The second kappa shape index (κ2) is 10.3. The summed E-state index contributed by atoms with van der Waals surface area (Å²) in [6.45, 7) is 3.40. The lowest BCUT2D eigenvalue weighted by Gasteiger charge is -2.22. The van der Waals surface area contributed by atoms with Gasteiger partial charge in [0.2, 0.25) is 0 Å². The normalized spacial score (nSPS) is 11.4. The summed E-state index contributed by atoms with van der Waals surface area (Å²) in [5.41, 5.74) is 4.79. The monoisotopic (exact) mass is 459 g/mol. The largest absolute Gasteiger partial charge is 0.464 e. The van der Waals surface area contributed by atoms with Gasteiger partial charge in [-0.3, -0.25) is 0 Å². The highest BCUT2D eigenvalue weighted by Gasteiger charge is 2.23. The molecule has 0 unspecified atom stereocenters. The van der Waals surface area contributed by atoms with E-state index >= 15 is 0 Å². The number of carbonyl (C=O) groups is 1. The number of anilines is 1. The topological polar surface area (TPSA) is 64.0 Å². The van der Waals surface area contributed by atoms with Crippen molar-refractivity contribution in [1.29, 1.82) is 0 Å². The first-order valence-electron chi connectivity index (χ1n) is 10.5. The Morgan fingerprint density at radius 3 is 2.12 bits per heavy atom. The molecule has 4 rings (SSSR count). The highest BCUT2D eigenvalue weighted by Crippen LogP contribution is 2.34. The SMILES string of the molecule is CO/N=C(/C(=O)OC)c1cc(C)cc2sc(N(Cc3ccccc3)Cc3ccccc3)nc12. The minimum absolute atomic E-state index is 0.100. The molecular formula is C26H25N3O3S. The van der Waals surface area contributed by atoms with Crippen molar-refractivity contribution in [2.75, 3.05) is 19.1 Å². The second-order valence-electron chi connectivity index (χ2n) is 7.60. The third-order valence-electron chi connectivity index (χ3n) is 5.15. The summed E-state index contributed by atoms with van der Waals surface area (Å²) in [6, 6.07) is 24.6. The van der Waals surface area contributed by atoms with Gasteiger partial charge in [0.1, 0.15) is 7.11 Å². The molecule has 0 amide bonds. The molecule has 0 aliphatic rings. The zero-order chi connectivity index (χ0) is 23.2. The van der Waals surface area contributed by atoms with Gasteiger partial charge in [-0.1, -0.05) is 77.2 Å². The summed E-state index contributed by atoms with van der Waals surface area (Å²) in [5, 5.41) is 4.81. The molecular weight excluding hydrogens is 434 g/mol. The first-order chi connectivity index (χ1) is 16.1. The number of thiazole rings is 1. The van der Waals surface area contributed by atoms with Gasteiger partial charge in [-0.2, -0.15) is 0 Å². The Kier molecular flexibility index (Phi) is 7.00. The van der Waals surface area contributed by atoms with E-state index in [9.17, 15) is 4.79 Å². The molecule has 3 aromatic carbocycles. The molecule has 0 saturated heterocycles. The highest BCUT2D eigenvalue weighted by atomic mass is 32.1. The maximum Gasteiger partial charge on any atom is 0.360 e. The van der Waals surface area contributed by atoms with Gasteiger partial charge >= 0.3 is 5.97 Å². The van der Waals surface area contributed by atoms with E-state index in [1.807, 2.05) is 49.4 Å². The summed E-state index contributed by atoms with van der Waals surface area (Å²) in [7, 11) is 2.73. The molecule has 1 heterocycles. The first-order valence-corrected chi connectivity index (χ1v) is 11.3. The molecule has 33 heavy (non-hydrogen) atoms. The number of benzene rings is 3. The number of fused-ring (bicyclic) bond motifs is 1. The van der Waals surface area contributed by atoms with E-state index in [2.05, 4.69) is 40.4 Å². The zero-order valence-electron chi connectivity index (χ0n) is 18.8. The Bertz CT molecular complexity index is 1230. The van der Waals surface area contributed by atoms with Crippen molar-refractivity contribution in [3.05, 3.63) is 95.1 Å². The fourth-order valence-corrected chi connectivity index (χ4v) is 4.74. The van der Waals surface area contributed by atoms with E-state index in [4.69, 9.17) is 14.6 Å². The van der Waals surface area contributed by atoms with Gasteiger partial charge in [-0.25, -0.2) is 9.78 Å². The van der Waals surface area contributed by atoms with Crippen LogP contribution in [-0.4, -0.2) is 30.9 Å². The molecule has 168 valence electrons. The number of rotatable bonds is 8. The van der Waals surface area contributed by atoms with Crippen LogP contribution in [0.2, 0.25) is 0 Å². The predicted molar refractivity (Wildman–Crippen MR) is 133 cm³/mol. The van der Waals surface area contributed by atoms with Gasteiger partial charge in [0, 0.05) is 18.7 Å². The lowest BCUT2D eigenvalue weighted by atomic mass is 10.1. The van der Waals surface area contributed by atoms with Crippen LogP contribution in [0.4, 0.5) is 5.13 Å². The highest BCUT2D eigenvalue weighted by molar-refractivity contribution is 7.22. The number of methoxy groups -OCH3 is 1. The van der Waals surface area contributed by atoms with Crippen LogP contribution in [0.5, 0.6) is 0 Å². The molecule has 6 nitrogen and oxygen atoms in total. The van der Waals surface area contributed by atoms with Crippen molar-refractivity contribution in [2.45, 2.75) is 20.0 Å². The standard InChI is InChI=1S/C26H25N3O3S/c1-18-14-21(24(28-32-3)25(30)31-2)23-22(15-18)33-26(27-23)29(16-19-10-6-4-7-11-19)17-20-12-8-5-9-13-20/h4-15H,16-17H2,1-3H3/b28-24+. The van der Waals surface area contributed by atoms with E-state index < -0.39 is 5.97 Å². The average Bonchev–Trinajstić information content (AvgIpc) is 3.26. The third kappa shape index (κ3) is 5.21. The number of oxime groups is 1. The van der Waals surface area contributed by atoms with Crippen molar-refractivity contribution in [3.8, 4) is 0 Å². The fraction of sp³-hybridized carbons (Fsp3) is 0.192. The second-order valence-corrected chi connectivity index (χ2v) is 8.61. The fourth-order valence-electron chi connectivity index (χ4n) is 3.65. The number of hydrogen-bond acceptors (Lipinski definition) is 7. The van der Waals surface area contributed by atoms with Crippen LogP contribution in [0.3, 0.4) is 0 Å². The van der Waals surface area contributed by atoms with Crippen LogP contribution in [0.1, 0.15) is 22.3 Å². The molecule has 4 aromatic rings. The number of aromatic nitrogens is 1. The van der Waals surface area contributed by atoms with Gasteiger partial charge in [-0.15, -0.1) is 0 Å². The predicted octanol–water partition coefficient (Wildman–Crippen LogP) is 5.34. The molecule has 0 spiro atoms. The van der Waals surface area contributed by atoms with Crippen molar-refractivity contribution in [3.63, 3.8) is 0 Å². The van der Waals surface area contributed by atoms with E-state index in [0.717, 1.165) is 15.4 Å². The Morgan fingerprint density at radius 2 is 1.58 bits per heavy atom. The molecule has 0 bridgehead atoms. The Hall–Kier alpha value is -3.71. The number of aryl methyl sites for hydroxylation is 1. The maximum atomic E-state index is 12.4. The van der Waals surface area contributed by atoms with Gasteiger partial charge in [-0.05, 0) is 35.7 Å². The smallest absolute Gasteiger partial charge is 0.360 e. The van der Waals surface area contributed by atoms with E-state index in [-0.39, 0.29) is 5.71 Å². The van der Waals surface area contributed by atoms with E-state index in [1.165, 1.54) is 25.3 Å². The summed E-state index contributed by atoms with van der Waals surface area (Å²) in [4.78, 5) is 24.6. The average molecular weight is 460 g/mol. The summed E-state index contributed by atoms with van der Waals surface area (Å²) >= 11 is 1.59. The van der Waals surface area contributed by atoms with Crippen LogP contribution in [0, 0.1) is 6.92 Å². The molecule has 0 radical (unpaired) electrons. The van der Waals surface area contributed by atoms with Crippen LogP contribution in [0.25, 0.3) is 10.2 Å². The minimum Gasteiger partial charge on any atom is -0.464 e. The number of carbonyl (C=O) groups excluding carboxylic acids is 1. The molecule has 1 aromatic heterocycles. The Labute approximate surface area is 197 Å². The van der Waals surface area contributed by atoms with Crippen molar-refractivity contribution >= 4 is 38.4 Å². The van der Waals surface area contributed by atoms with E-state index in [1.54, 1.807) is 11.3 Å². The molecule has 0 aliphatic carbocycles. The Morgan fingerprint density at radius 1 is 0.970 bits per heavy atom. The van der Waals surface area contributed by atoms with Crippen LogP contribution >= 0.6 is 11.3 Å². The summed E-state index contributed by atoms with van der Waals surface area (Å²) < 4.78 is 5.91. The lowest BCUT2D eigenvalue weighted by Crippen LogP contribution is -2.22. The number of ether oxygens (including phenoxy) is 1. The third-order valence-corrected chi connectivity index (χ3v) is 6.21. The van der Waals surface area contributed by atoms with Crippen LogP contribution in [0.15, 0.2) is 78.0 Å². The number of hydrogen-bond donors (Lipinski definition) is 0. The minimum atomic E-state index is -0.566. The first kappa shape index (κ1) is 22.5. The Balaban J connectivity index is 1.81. The molecule has 0 atom stereocenters. The molecule has 0 fully saturated rings. The van der Waals surface area contributed by atoms with Crippen LogP contribution < -0.4 is 4.90 Å². The van der Waals surface area contributed by atoms with Crippen molar-refractivity contribution < 1.29 is 14.4 Å². The molecule has 0 aliphatic heterocycles.